The van der Waals surface area contributed by atoms with Crippen molar-refractivity contribution >= 4 is 19.7 Å². The summed E-state index contributed by atoms with van der Waals surface area (Å²) in [6.45, 7) is -0.221. The predicted octanol–water partition coefficient (Wildman–Crippen LogP) is 3.26. The van der Waals surface area contributed by atoms with Crippen LogP contribution in [0.2, 0.25) is 0 Å². The lowest BCUT2D eigenvalue weighted by atomic mass is 9.35. The number of unbranched alkanes of at least 4 members (excludes halogenated alkanes) is 2. The normalized spacial score (nSPS) is 36.6. The molecule has 94 valence electrons. The molecule has 0 spiro atoms. The molecule has 0 heterocycles. The molecule has 0 aromatic heterocycles. The number of rotatable bonds is 7. The van der Waals surface area contributed by atoms with E-state index in [1.807, 2.05) is 0 Å². The molecular formula is C11H18ClFO2S. The van der Waals surface area contributed by atoms with Gasteiger partial charge in [-0.1, -0.05) is 12.8 Å². The van der Waals surface area contributed by atoms with E-state index in [0.29, 0.717) is 11.8 Å². The number of hydrogen-bond donors (Lipinski definition) is 0. The summed E-state index contributed by atoms with van der Waals surface area (Å²) < 4.78 is 33.9. The zero-order valence-corrected chi connectivity index (χ0v) is 10.9. The van der Waals surface area contributed by atoms with Gasteiger partial charge < -0.3 is 0 Å². The van der Waals surface area contributed by atoms with Crippen molar-refractivity contribution in [3.8, 4) is 0 Å². The molecule has 0 aliphatic heterocycles. The second-order valence-electron chi connectivity index (χ2n) is 5.71. The summed E-state index contributed by atoms with van der Waals surface area (Å²) in [5.41, 5.74) is 0.415. The largest absolute Gasteiger partial charge is 0.251 e. The van der Waals surface area contributed by atoms with Crippen molar-refractivity contribution in [1.29, 1.82) is 0 Å². The second-order valence-corrected chi connectivity index (χ2v) is 8.49. The summed E-state index contributed by atoms with van der Waals surface area (Å²) in [6.07, 6.45) is 6.88. The molecule has 0 aromatic carbocycles. The fourth-order valence-electron chi connectivity index (χ4n) is 3.79. The van der Waals surface area contributed by atoms with E-state index in [-0.39, 0.29) is 17.8 Å². The molecule has 0 aromatic rings. The number of hydrogen-bond acceptors (Lipinski definition) is 2. The minimum atomic E-state index is -3.34. The van der Waals surface area contributed by atoms with E-state index in [1.54, 1.807) is 0 Å². The van der Waals surface area contributed by atoms with Crippen molar-refractivity contribution in [2.75, 3.05) is 12.4 Å². The van der Waals surface area contributed by atoms with Crippen LogP contribution in [0.5, 0.6) is 0 Å². The van der Waals surface area contributed by atoms with Gasteiger partial charge in [-0.3, -0.25) is 4.39 Å². The van der Waals surface area contributed by atoms with Gasteiger partial charge in [-0.05, 0) is 42.9 Å². The summed E-state index contributed by atoms with van der Waals surface area (Å²) in [5, 5.41) is 0. The van der Waals surface area contributed by atoms with E-state index in [4.69, 9.17) is 10.7 Å². The van der Waals surface area contributed by atoms with Gasteiger partial charge in [0, 0.05) is 10.7 Å². The van der Waals surface area contributed by atoms with Gasteiger partial charge >= 0.3 is 0 Å². The average Bonchev–Trinajstić information content (AvgIpc) is 2.03. The Morgan fingerprint density at radius 2 is 1.69 bits per heavy atom. The van der Waals surface area contributed by atoms with Crippen LogP contribution in [0.3, 0.4) is 0 Å². The van der Waals surface area contributed by atoms with Gasteiger partial charge in [-0.15, -0.1) is 0 Å². The van der Waals surface area contributed by atoms with E-state index < -0.39 is 9.05 Å². The highest BCUT2D eigenvalue weighted by Gasteiger charge is 2.67. The van der Waals surface area contributed by atoms with Crippen LogP contribution in [0.1, 0.15) is 44.9 Å². The summed E-state index contributed by atoms with van der Waals surface area (Å²) in [5.74, 6) is 0.147. The Hall–Kier alpha value is 0.170. The lowest BCUT2D eigenvalue weighted by Gasteiger charge is -2.71. The van der Waals surface area contributed by atoms with Gasteiger partial charge in [0.1, 0.15) is 0 Å². The Balaban J connectivity index is 1.68. The van der Waals surface area contributed by atoms with Gasteiger partial charge in [0.2, 0.25) is 9.05 Å². The van der Waals surface area contributed by atoms with Crippen LogP contribution >= 0.6 is 10.7 Å². The first-order chi connectivity index (χ1) is 7.39. The lowest BCUT2D eigenvalue weighted by molar-refractivity contribution is -0.192. The molecule has 16 heavy (non-hydrogen) atoms. The zero-order chi connectivity index (χ0) is 11.9. The van der Waals surface area contributed by atoms with E-state index in [0.717, 1.165) is 38.5 Å². The van der Waals surface area contributed by atoms with Crippen LogP contribution in [0.4, 0.5) is 4.39 Å². The zero-order valence-electron chi connectivity index (χ0n) is 9.34. The molecule has 3 rings (SSSR count). The second kappa shape index (κ2) is 4.13. The molecule has 5 heteroatoms. The standard InChI is InChI=1S/C11H18ClFO2S/c12-16(14,15)9-11-6-10(7-11,8-11)4-2-1-3-5-13/h1-9H2. The SMILES string of the molecule is O=S(=O)(Cl)CC12CC(CCCCCF)(C1)C2. The molecule has 0 N–H and O–H groups in total. The number of halogens is 2. The minimum absolute atomic E-state index is 0.0146. The maximum atomic E-state index is 11.9. The summed E-state index contributed by atoms with van der Waals surface area (Å²) in [7, 11) is 1.94. The van der Waals surface area contributed by atoms with Crippen molar-refractivity contribution in [2.45, 2.75) is 44.9 Å². The van der Waals surface area contributed by atoms with E-state index in [2.05, 4.69) is 0 Å². The van der Waals surface area contributed by atoms with Crippen molar-refractivity contribution < 1.29 is 12.8 Å². The molecule has 0 atom stereocenters. The minimum Gasteiger partial charge on any atom is -0.251 e. The molecular weight excluding hydrogens is 251 g/mol. The van der Waals surface area contributed by atoms with Gasteiger partial charge in [-0.25, -0.2) is 8.42 Å². The first kappa shape index (κ1) is 12.6. The molecule has 3 aliphatic carbocycles. The van der Waals surface area contributed by atoms with Gasteiger partial charge in [0.05, 0.1) is 12.4 Å². The third kappa shape index (κ3) is 2.53. The van der Waals surface area contributed by atoms with Crippen LogP contribution in [0.25, 0.3) is 0 Å². The molecule has 2 bridgehead atoms. The third-order valence-electron chi connectivity index (χ3n) is 4.07. The first-order valence-electron chi connectivity index (χ1n) is 5.87. The molecule has 3 fully saturated rings. The van der Waals surface area contributed by atoms with Crippen molar-refractivity contribution in [3.63, 3.8) is 0 Å². The maximum absolute atomic E-state index is 11.9. The summed E-state index contributed by atoms with van der Waals surface area (Å²) in [4.78, 5) is 0. The Morgan fingerprint density at radius 3 is 2.19 bits per heavy atom. The highest BCUT2D eigenvalue weighted by Crippen LogP contribution is 2.75. The summed E-state index contributed by atoms with van der Waals surface area (Å²) >= 11 is 0. The van der Waals surface area contributed by atoms with Crippen LogP contribution in [-0.4, -0.2) is 20.8 Å². The van der Waals surface area contributed by atoms with Gasteiger partial charge in [0.15, 0.2) is 0 Å². The molecule has 0 radical (unpaired) electrons. The van der Waals surface area contributed by atoms with E-state index >= 15 is 0 Å². The Kier molecular flexibility index (Phi) is 3.26. The van der Waals surface area contributed by atoms with E-state index in [1.165, 1.54) is 0 Å². The molecule has 3 saturated carbocycles. The molecule has 0 saturated heterocycles. The quantitative estimate of drug-likeness (QED) is 0.525. The highest BCUT2D eigenvalue weighted by atomic mass is 35.7. The molecule has 3 aliphatic rings. The molecule has 0 amide bonds. The average molecular weight is 269 g/mol. The first-order valence-corrected chi connectivity index (χ1v) is 8.35. The van der Waals surface area contributed by atoms with Gasteiger partial charge in [0.25, 0.3) is 0 Å². The predicted molar refractivity (Wildman–Crippen MR) is 62.8 cm³/mol. The summed E-state index contributed by atoms with van der Waals surface area (Å²) in [6, 6.07) is 0. The van der Waals surface area contributed by atoms with Crippen LogP contribution in [0, 0.1) is 10.8 Å². The fourth-order valence-corrected chi connectivity index (χ4v) is 5.52. The van der Waals surface area contributed by atoms with Gasteiger partial charge in [-0.2, -0.15) is 0 Å². The molecule has 0 unspecified atom stereocenters. The third-order valence-corrected chi connectivity index (χ3v) is 5.35. The fraction of sp³-hybridized carbons (Fsp3) is 1.00. The Bertz CT molecular complexity index is 346. The van der Waals surface area contributed by atoms with Crippen LogP contribution in [0.15, 0.2) is 0 Å². The van der Waals surface area contributed by atoms with Crippen molar-refractivity contribution in [3.05, 3.63) is 0 Å². The van der Waals surface area contributed by atoms with Crippen molar-refractivity contribution in [1.82, 2.24) is 0 Å². The highest BCUT2D eigenvalue weighted by molar-refractivity contribution is 8.13. The topological polar surface area (TPSA) is 34.1 Å². The van der Waals surface area contributed by atoms with E-state index in [9.17, 15) is 12.8 Å². The van der Waals surface area contributed by atoms with Crippen LogP contribution < -0.4 is 0 Å². The Morgan fingerprint density at radius 1 is 1.06 bits per heavy atom. The number of alkyl halides is 1. The maximum Gasteiger partial charge on any atom is 0.233 e. The Labute approximate surface area is 101 Å². The van der Waals surface area contributed by atoms with Crippen LogP contribution in [-0.2, 0) is 9.05 Å². The smallest absolute Gasteiger partial charge is 0.233 e. The monoisotopic (exact) mass is 268 g/mol. The lowest BCUT2D eigenvalue weighted by Crippen LogP contribution is -2.63. The molecule has 2 nitrogen and oxygen atoms in total. The van der Waals surface area contributed by atoms with Crippen molar-refractivity contribution in [2.24, 2.45) is 10.8 Å².